The first-order valence-corrected chi connectivity index (χ1v) is 8.35. The monoisotopic (exact) mass is 284 g/mol. The molecule has 0 aromatic rings. The Balaban J connectivity index is 1.68. The summed E-state index contributed by atoms with van der Waals surface area (Å²) >= 11 is 0. The first-order chi connectivity index (χ1) is 9.61. The molecule has 20 heavy (non-hydrogen) atoms. The molecule has 1 saturated heterocycles. The van der Waals surface area contributed by atoms with E-state index in [2.05, 4.69) is 16.8 Å². The Kier molecular flexibility index (Phi) is 6.27. The van der Waals surface area contributed by atoms with Crippen LogP contribution in [0.25, 0.3) is 0 Å². The molecule has 118 valence electrons. The Bertz CT molecular complexity index is 272. The van der Waals surface area contributed by atoms with E-state index in [1.54, 1.807) is 0 Å². The maximum Gasteiger partial charge on any atom is 0.0774 e. The minimum absolute atomic E-state index is 0.275. The Morgan fingerprint density at radius 1 is 1.15 bits per heavy atom. The van der Waals surface area contributed by atoms with Crippen molar-refractivity contribution in [2.45, 2.75) is 50.5 Å². The van der Waals surface area contributed by atoms with Gasteiger partial charge in [-0.2, -0.15) is 0 Å². The van der Waals surface area contributed by atoms with Crippen LogP contribution in [0, 0.1) is 5.92 Å². The fourth-order valence-electron chi connectivity index (χ4n) is 3.91. The highest BCUT2D eigenvalue weighted by Crippen LogP contribution is 2.29. The first-order valence-electron chi connectivity index (χ1n) is 8.35. The average Bonchev–Trinajstić information content (AvgIpc) is 2.41. The number of piperidine rings is 1. The van der Waals surface area contributed by atoms with Crippen molar-refractivity contribution in [2.24, 2.45) is 5.92 Å². The van der Waals surface area contributed by atoms with Gasteiger partial charge >= 0.3 is 0 Å². The van der Waals surface area contributed by atoms with Gasteiger partial charge in [-0.25, -0.2) is 0 Å². The number of hydrogen-bond acceptors (Lipinski definition) is 4. The molecule has 1 aliphatic carbocycles. The van der Waals surface area contributed by atoms with Crippen molar-refractivity contribution in [1.29, 1.82) is 0 Å². The zero-order chi connectivity index (χ0) is 14.4. The summed E-state index contributed by atoms with van der Waals surface area (Å²) in [5.41, 5.74) is -0.426. The second-order valence-corrected chi connectivity index (χ2v) is 6.99. The highest BCUT2D eigenvalue weighted by atomic mass is 16.3. The molecular formula is C16H32N2O2. The molecule has 0 atom stereocenters. The van der Waals surface area contributed by atoms with Gasteiger partial charge < -0.3 is 20.0 Å². The van der Waals surface area contributed by atoms with Gasteiger partial charge in [0.15, 0.2) is 0 Å². The van der Waals surface area contributed by atoms with Crippen molar-refractivity contribution in [2.75, 3.05) is 46.4 Å². The quantitative estimate of drug-likeness (QED) is 0.772. The van der Waals surface area contributed by atoms with E-state index in [0.29, 0.717) is 0 Å². The van der Waals surface area contributed by atoms with Gasteiger partial charge in [0.05, 0.1) is 12.2 Å². The van der Waals surface area contributed by atoms with E-state index in [1.807, 2.05) is 0 Å². The molecule has 2 fully saturated rings. The number of likely N-dealkylation sites (tertiary alicyclic amines) is 1. The molecule has 2 N–H and O–H groups in total. The minimum atomic E-state index is -0.426. The molecule has 0 bridgehead atoms. The van der Waals surface area contributed by atoms with E-state index in [-0.39, 0.29) is 6.61 Å². The minimum Gasteiger partial charge on any atom is -0.395 e. The van der Waals surface area contributed by atoms with Gasteiger partial charge in [0, 0.05) is 19.6 Å². The van der Waals surface area contributed by atoms with Crippen LogP contribution in [0.1, 0.15) is 44.9 Å². The third-order valence-corrected chi connectivity index (χ3v) is 5.04. The smallest absolute Gasteiger partial charge is 0.0774 e. The molecule has 1 aliphatic heterocycles. The molecule has 4 heteroatoms. The molecule has 0 unspecified atom stereocenters. The summed E-state index contributed by atoms with van der Waals surface area (Å²) in [4.78, 5) is 4.70. The van der Waals surface area contributed by atoms with Gasteiger partial charge in [0.25, 0.3) is 0 Å². The molecular weight excluding hydrogens is 252 g/mol. The van der Waals surface area contributed by atoms with Crippen LogP contribution in [0.3, 0.4) is 0 Å². The van der Waals surface area contributed by atoms with Gasteiger partial charge in [-0.1, -0.05) is 19.3 Å². The fourth-order valence-corrected chi connectivity index (χ4v) is 3.91. The maximum absolute atomic E-state index is 10.6. The van der Waals surface area contributed by atoms with Crippen molar-refractivity contribution in [3.63, 3.8) is 0 Å². The van der Waals surface area contributed by atoms with Crippen LogP contribution in [0.15, 0.2) is 0 Å². The molecule has 0 aromatic heterocycles. The summed E-state index contributed by atoms with van der Waals surface area (Å²) in [5.74, 6) is 0.752. The van der Waals surface area contributed by atoms with E-state index in [9.17, 15) is 5.11 Å². The molecule has 0 radical (unpaired) electrons. The summed E-state index contributed by atoms with van der Waals surface area (Å²) in [6.07, 6.45) is 8.06. The first kappa shape index (κ1) is 16.2. The number of rotatable bonds is 6. The van der Waals surface area contributed by atoms with Crippen molar-refractivity contribution in [3.8, 4) is 0 Å². The van der Waals surface area contributed by atoms with E-state index in [4.69, 9.17) is 5.11 Å². The van der Waals surface area contributed by atoms with Crippen LogP contribution < -0.4 is 0 Å². The van der Waals surface area contributed by atoms with Crippen LogP contribution in [-0.2, 0) is 0 Å². The van der Waals surface area contributed by atoms with Crippen LogP contribution in [0.4, 0.5) is 0 Å². The Morgan fingerprint density at radius 2 is 1.80 bits per heavy atom. The van der Waals surface area contributed by atoms with E-state index in [0.717, 1.165) is 51.5 Å². The molecule has 0 spiro atoms. The standard InChI is InChI=1S/C16H32N2O2/c1-17(14-16(20)7-3-2-4-8-16)13-15-5-9-18(10-6-15)11-12-19/h15,19-20H,2-14H2,1H3. The Morgan fingerprint density at radius 3 is 2.40 bits per heavy atom. The summed E-state index contributed by atoms with van der Waals surface area (Å²) < 4.78 is 0. The zero-order valence-corrected chi connectivity index (χ0v) is 13.1. The number of aliphatic hydroxyl groups excluding tert-OH is 1. The van der Waals surface area contributed by atoms with Crippen LogP contribution in [0.5, 0.6) is 0 Å². The highest BCUT2D eigenvalue weighted by Gasteiger charge is 2.31. The zero-order valence-electron chi connectivity index (χ0n) is 13.1. The molecule has 4 nitrogen and oxygen atoms in total. The normalized spacial score (nSPS) is 25.2. The fraction of sp³-hybridized carbons (Fsp3) is 1.00. The van der Waals surface area contributed by atoms with Crippen LogP contribution in [-0.4, -0.2) is 72.0 Å². The predicted molar refractivity (Wildman–Crippen MR) is 81.8 cm³/mol. The lowest BCUT2D eigenvalue weighted by molar-refractivity contribution is -0.0250. The lowest BCUT2D eigenvalue weighted by atomic mass is 9.84. The topological polar surface area (TPSA) is 46.9 Å². The molecule has 1 heterocycles. The largest absolute Gasteiger partial charge is 0.395 e. The van der Waals surface area contributed by atoms with Gasteiger partial charge in [-0.05, 0) is 51.7 Å². The predicted octanol–water partition coefficient (Wildman–Crippen LogP) is 1.32. The lowest BCUT2D eigenvalue weighted by Crippen LogP contribution is -2.45. The Hall–Kier alpha value is -0.160. The third-order valence-electron chi connectivity index (χ3n) is 5.04. The van der Waals surface area contributed by atoms with Crippen LogP contribution in [0.2, 0.25) is 0 Å². The summed E-state index contributed by atoms with van der Waals surface area (Å²) in [6.45, 7) is 5.27. The SMILES string of the molecule is CN(CC1CCN(CCO)CC1)CC1(O)CCCCC1. The Labute approximate surface area is 123 Å². The van der Waals surface area contributed by atoms with Gasteiger partial charge in [-0.15, -0.1) is 0 Å². The van der Waals surface area contributed by atoms with Gasteiger partial charge in [0.2, 0.25) is 0 Å². The van der Waals surface area contributed by atoms with Gasteiger partial charge in [-0.3, -0.25) is 0 Å². The van der Waals surface area contributed by atoms with E-state index < -0.39 is 5.60 Å². The molecule has 0 amide bonds. The number of likely N-dealkylation sites (N-methyl/N-ethyl adjacent to an activating group) is 1. The number of aliphatic hydroxyl groups is 2. The molecule has 2 aliphatic rings. The second kappa shape index (κ2) is 7.74. The summed E-state index contributed by atoms with van der Waals surface area (Å²) in [5, 5.41) is 19.6. The van der Waals surface area contributed by atoms with Crippen molar-refractivity contribution in [3.05, 3.63) is 0 Å². The molecule has 1 saturated carbocycles. The van der Waals surface area contributed by atoms with E-state index in [1.165, 1.54) is 32.1 Å². The highest BCUT2D eigenvalue weighted by molar-refractivity contribution is 4.85. The van der Waals surface area contributed by atoms with Crippen molar-refractivity contribution >= 4 is 0 Å². The van der Waals surface area contributed by atoms with E-state index >= 15 is 0 Å². The third kappa shape index (κ3) is 4.99. The average molecular weight is 284 g/mol. The van der Waals surface area contributed by atoms with Gasteiger partial charge in [0.1, 0.15) is 0 Å². The number of hydrogen-bond donors (Lipinski definition) is 2. The van der Waals surface area contributed by atoms with Crippen molar-refractivity contribution < 1.29 is 10.2 Å². The summed E-state index contributed by atoms with van der Waals surface area (Å²) in [7, 11) is 2.16. The maximum atomic E-state index is 10.6. The number of nitrogens with zero attached hydrogens (tertiary/aromatic N) is 2. The lowest BCUT2D eigenvalue weighted by Gasteiger charge is -2.38. The molecule has 2 rings (SSSR count). The number of β-amino-alcohol motifs (C(OH)–C–C–N with tert-alkyl or cyclic N) is 1. The summed E-state index contributed by atoms with van der Waals surface area (Å²) in [6, 6.07) is 0. The second-order valence-electron chi connectivity index (χ2n) is 6.99. The van der Waals surface area contributed by atoms with Crippen molar-refractivity contribution in [1.82, 2.24) is 9.80 Å². The van der Waals surface area contributed by atoms with Crippen LogP contribution >= 0.6 is 0 Å². The molecule has 0 aromatic carbocycles.